The first kappa shape index (κ1) is 23.6. The lowest BCUT2D eigenvalue weighted by Crippen LogP contribution is -2.55. The molecule has 2 saturated heterocycles. The first-order valence-electron chi connectivity index (χ1n) is 10.9. The lowest BCUT2D eigenvalue weighted by molar-refractivity contribution is -0.130. The van der Waals surface area contributed by atoms with Gasteiger partial charge in [0.1, 0.15) is 5.75 Å². The molecule has 3 N–H and O–H groups in total. The molecule has 0 spiro atoms. The molecule has 8 nitrogen and oxygen atoms in total. The molecule has 0 aromatic heterocycles. The Labute approximate surface area is 189 Å². The third-order valence-electron chi connectivity index (χ3n) is 6.15. The summed E-state index contributed by atoms with van der Waals surface area (Å²) in [6, 6.07) is 2.96. The molecule has 172 valence electrons. The highest BCUT2D eigenvalue weighted by Crippen LogP contribution is 2.29. The van der Waals surface area contributed by atoms with Gasteiger partial charge < -0.3 is 30.3 Å². The number of hydrogen-bond acceptors (Lipinski definition) is 6. The summed E-state index contributed by atoms with van der Waals surface area (Å²) in [5, 5.41) is 3.37. The van der Waals surface area contributed by atoms with Crippen molar-refractivity contribution >= 4 is 29.1 Å². The molecule has 0 aliphatic carbocycles. The fourth-order valence-corrected chi connectivity index (χ4v) is 4.49. The number of nitrogens with one attached hydrogen (secondary N) is 1. The van der Waals surface area contributed by atoms with Gasteiger partial charge >= 0.3 is 0 Å². The Hall–Kier alpha value is -2.03. The van der Waals surface area contributed by atoms with Crippen LogP contribution in [0.4, 0.5) is 5.69 Å². The number of nitrogens with two attached hydrogens (primary N) is 1. The molecule has 2 aliphatic heterocycles. The summed E-state index contributed by atoms with van der Waals surface area (Å²) in [7, 11) is 3.15. The average Bonchev–Trinajstić information content (AvgIpc) is 3.31. The molecule has 1 aromatic carbocycles. The second kappa shape index (κ2) is 11.0. The predicted octanol–water partition coefficient (Wildman–Crippen LogP) is 2.15. The Morgan fingerprint density at radius 3 is 2.65 bits per heavy atom. The Balaban J connectivity index is 1.51. The third-order valence-corrected chi connectivity index (χ3v) is 6.48. The van der Waals surface area contributed by atoms with Gasteiger partial charge in [-0.25, -0.2) is 0 Å². The van der Waals surface area contributed by atoms with E-state index < -0.39 is 0 Å². The molecule has 2 amide bonds. The first-order valence-corrected chi connectivity index (χ1v) is 11.3. The minimum Gasteiger partial charge on any atom is -0.496 e. The van der Waals surface area contributed by atoms with Crippen molar-refractivity contribution in [3.05, 3.63) is 22.7 Å². The molecule has 1 aromatic rings. The quantitative estimate of drug-likeness (QED) is 0.586. The largest absolute Gasteiger partial charge is 0.496 e. The lowest BCUT2D eigenvalue weighted by Gasteiger charge is -2.38. The van der Waals surface area contributed by atoms with Crippen LogP contribution in [-0.2, 0) is 9.53 Å². The molecule has 2 unspecified atom stereocenters. The molecule has 0 bridgehead atoms. The van der Waals surface area contributed by atoms with Crippen LogP contribution in [0.5, 0.6) is 5.75 Å². The fourth-order valence-electron chi connectivity index (χ4n) is 4.33. The van der Waals surface area contributed by atoms with Gasteiger partial charge in [-0.05, 0) is 38.3 Å². The van der Waals surface area contributed by atoms with E-state index in [0.29, 0.717) is 35.0 Å². The zero-order valence-electron chi connectivity index (χ0n) is 18.4. The molecule has 2 heterocycles. The average molecular weight is 453 g/mol. The van der Waals surface area contributed by atoms with Gasteiger partial charge in [-0.15, -0.1) is 0 Å². The Kier molecular flexibility index (Phi) is 8.40. The van der Waals surface area contributed by atoms with Crippen LogP contribution < -0.4 is 15.8 Å². The van der Waals surface area contributed by atoms with Crippen LogP contribution in [-0.4, -0.2) is 80.7 Å². The van der Waals surface area contributed by atoms with Crippen molar-refractivity contribution in [3.8, 4) is 5.75 Å². The maximum atomic E-state index is 12.9. The number of amides is 2. The molecular weight excluding hydrogens is 420 g/mol. The number of methoxy groups -OCH3 is 2. The highest BCUT2D eigenvalue weighted by molar-refractivity contribution is 6.33. The Morgan fingerprint density at radius 2 is 1.97 bits per heavy atom. The minimum absolute atomic E-state index is 0.124. The Bertz CT molecular complexity index is 785. The number of benzene rings is 1. The van der Waals surface area contributed by atoms with Gasteiger partial charge in [0.2, 0.25) is 5.91 Å². The lowest BCUT2D eigenvalue weighted by atomic mass is 10.0. The van der Waals surface area contributed by atoms with Crippen molar-refractivity contribution in [2.24, 2.45) is 0 Å². The molecule has 2 atom stereocenters. The first-order chi connectivity index (χ1) is 14.9. The second-order valence-electron chi connectivity index (χ2n) is 8.21. The van der Waals surface area contributed by atoms with Crippen molar-refractivity contribution in [2.75, 3.05) is 52.7 Å². The van der Waals surface area contributed by atoms with Crippen molar-refractivity contribution < 1.29 is 19.1 Å². The maximum absolute atomic E-state index is 12.9. The molecular formula is C22H33ClN4O4. The van der Waals surface area contributed by atoms with Gasteiger partial charge in [0.05, 0.1) is 35.5 Å². The fraction of sp³-hybridized carbons (Fsp3) is 0.636. The predicted molar refractivity (Wildman–Crippen MR) is 121 cm³/mol. The number of anilines is 1. The number of piperidine rings is 1. The minimum atomic E-state index is -0.268. The third kappa shape index (κ3) is 6.02. The molecule has 2 aliphatic rings. The zero-order valence-corrected chi connectivity index (χ0v) is 19.1. The summed E-state index contributed by atoms with van der Waals surface area (Å²) in [5.74, 6) is 0.378. The smallest absolute Gasteiger partial charge is 0.255 e. The molecule has 0 radical (unpaired) electrons. The number of carbonyl (C=O) groups excluding carboxylic acids is 2. The number of nitrogen functional groups attached to an aromatic ring is 1. The van der Waals surface area contributed by atoms with Crippen LogP contribution in [0, 0.1) is 0 Å². The van der Waals surface area contributed by atoms with E-state index in [1.54, 1.807) is 13.2 Å². The van der Waals surface area contributed by atoms with Gasteiger partial charge in [0.15, 0.2) is 0 Å². The number of rotatable bonds is 8. The topological polar surface area (TPSA) is 97.1 Å². The van der Waals surface area contributed by atoms with E-state index >= 15 is 0 Å². The second-order valence-corrected chi connectivity index (χ2v) is 8.62. The van der Waals surface area contributed by atoms with E-state index in [9.17, 15) is 9.59 Å². The van der Waals surface area contributed by atoms with Crippen molar-refractivity contribution in [2.45, 2.75) is 44.2 Å². The highest BCUT2D eigenvalue weighted by Gasteiger charge is 2.31. The summed E-state index contributed by atoms with van der Waals surface area (Å²) in [5.41, 5.74) is 6.52. The summed E-state index contributed by atoms with van der Waals surface area (Å²) in [6.07, 6.45) is 4.29. The maximum Gasteiger partial charge on any atom is 0.255 e. The van der Waals surface area contributed by atoms with Gasteiger partial charge in [0.25, 0.3) is 5.91 Å². The number of carbonyl (C=O) groups is 2. The summed E-state index contributed by atoms with van der Waals surface area (Å²) >= 11 is 6.10. The van der Waals surface area contributed by atoms with E-state index in [4.69, 9.17) is 26.8 Å². The molecule has 9 heteroatoms. The zero-order chi connectivity index (χ0) is 22.4. The summed E-state index contributed by atoms with van der Waals surface area (Å²) in [6.45, 7) is 4.20. The molecule has 3 rings (SSSR count). The summed E-state index contributed by atoms with van der Waals surface area (Å²) < 4.78 is 11.0. The monoisotopic (exact) mass is 452 g/mol. The van der Waals surface area contributed by atoms with Crippen LogP contribution in [0.15, 0.2) is 12.1 Å². The number of halogens is 1. The van der Waals surface area contributed by atoms with Gasteiger partial charge in [0, 0.05) is 45.8 Å². The number of likely N-dealkylation sites (tertiary alicyclic amines) is 2. The number of nitrogens with zero attached hydrogens (tertiary/aromatic N) is 2. The van der Waals surface area contributed by atoms with Gasteiger partial charge in [-0.3, -0.25) is 9.59 Å². The molecule has 31 heavy (non-hydrogen) atoms. The Morgan fingerprint density at radius 1 is 1.23 bits per heavy atom. The van der Waals surface area contributed by atoms with Crippen molar-refractivity contribution in [1.29, 1.82) is 0 Å². The van der Waals surface area contributed by atoms with E-state index in [2.05, 4.69) is 10.2 Å². The van der Waals surface area contributed by atoms with E-state index in [-0.39, 0.29) is 24.0 Å². The number of hydrogen-bond donors (Lipinski definition) is 2. The van der Waals surface area contributed by atoms with Crippen LogP contribution >= 0.6 is 11.6 Å². The molecule has 2 fully saturated rings. The van der Waals surface area contributed by atoms with E-state index in [1.807, 2.05) is 4.90 Å². The number of ether oxygens (including phenoxy) is 2. The van der Waals surface area contributed by atoms with Gasteiger partial charge in [-0.2, -0.15) is 0 Å². The SMILES string of the molecule is COc1cc(N)c(Cl)cc1C(=O)NC1CCN(CCCC(=O)N2CCCC2)CC1OC. The van der Waals surface area contributed by atoms with Crippen molar-refractivity contribution in [3.63, 3.8) is 0 Å². The van der Waals surface area contributed by atoms with Crippen LogP contribution in [0.25, 0.3) is 0 Å². The highest BCUT2D eigenvalue weighted by atomic mass is 35.5. The van der Waals surface area contributed by atoms with Crippen LogP contribution in [0.1, 0.15) is 42.5 Å². The van der Waals surface area contributed by atoms with Gasteiger partial charge in [-0.1, -0.05) is 11.6 Å². The van der Waals surface area contributed by atoms with Crippen molar-refractivity contribution in [1.82, 2.24) is 15.1 Å². The van der Waals surface area contributed by atoms with E-state index in [1.165, 1.54) is 13.2 Å². The summed E-state index contributed by atoms with van der Waals surface area (Å²) in [4.78, 5) is 29.4. The van der Waals surface area contributed by atoms with Crippen LogP contribution in [0.3, 0.4) is 0 Å². The van der Waals surface area contributed by atoms with Crippen LogP contribution in [0.2, 0.25) is 5.02 Å². The standard InChI is InChI=1S/C22H33ClN4O4/c1-30-19-13-17(24)16(23)12-15(19)22(29)25-18-7-11-26(14-20(18)31-2)8-5-6-21(28)27-9-3-4-10-27/h12-13,18,20H,3-11,14,24H2,1-2H3,(H,25,29). The normalized spacial score (nSPS) is 21.8. The molecule has 0 saturated carbocycles. The van der Waals surface area contributed by atoms with E-state index in [0.717, 1.165) is 51.9 Å².